The van der Waals surface area contributed by atoms with E-state index in [0.29, 0.717) is 19.1 Å². The first kappa shape index (κ1) is 18.2. The van der Waals surface area contributed by atoms with Crippen LogP contribution in [-0.2, 0) is 16.1 Å². The van der Waals surface area contributed by atoms with Crippen LogP contribution >= 0.6 is 0 Å². The van der Waals surface area contributed by atoms with Gasteiger partial charge in [0, 0.05) is 19.2 Å². The van der Waals surface area contributed by atoms with E-state index in [1.807, 2.05) is 0 Å². The number of methoxy groups -OCH3 is 1. The highest BCUT2D eigenvalue weighted by atomic mass is 16.5. The van der Waals surface area contributed by atoms with Crippen molar-refractivity contribution in [3.8, 4) is 5.75 Å². The fourth-order valence-electron chi connectivity index (χ4n) is 3.42. The molecule has 0 aromatic heterocycles. The Bertz CT molecular complexity index is 587. The van der Waals surface area contributed by atoms with Crippen molar-refractivity contribution in [3.63, 3.8) is 0 Å². The molecule has 1 amide bonds. The molecule has 5 heteroatoms. The van der Waals surface area contributed by atoms with E-state index in [0.717, 1.165) is 43.9 Å². The van der Waals surface area contributed by atoms with Gasteiger partial charge in [-0.3, -0.25) is 4.79 Å². The van der Waals surface area contributed by atoms with Gasteiger partial charge in [-0.15, -0.1) is 0 Å². The van der Waals surface area contributed by atoms with Crippen LogP contribution in [0.15, 0.2) is 18.2 Å². The van der Waals surface area contributed by atoms with Gasteiger partial charge in [-0.25, -0.2) is 0 Å². The Morgan fingerprint density at radius 3 is 2.76 bits per heavy atom. The standard InChI is InChI=1S/C20H30N2O3/c1-15-3-6-17(18(11-15)25-13-16-4-5-16)12-22-19(23)20(14-24-2)7-9-21-10-8-20/h3,6,11,16,21H,4-5,7-10,12-14H2,1-2H3,(H,22,23). The molecule has 2 aliphatic rings. The van der Waals surface area contributed by atoms with E-state index >= 15 is 0 Å². The first-order valence-corrected chi connectivity index (χ1v) is 9.33. The quantitative estimate of drug-likeness (QED) is 0.759. The predicted molar refractivity (Wildman–Crippen MR) is 97.7 cm³/mol. The summed E-state index contributed by atoms with van der Waals surface area (Å²) in [6.07, 6.45) is 4.16. The summed E-state index contributed by atoms with van der Waals surface area (Å²) in [5, 5.41) is 6.45. The Morgan fingerprint density at radius 2 is 2.08 bits per heavy atom. The minimum atomic E-state index is -0.417. The zero-order valence-electron chi connectivity index (χ0n) is 15.4. The number of aryl methyl sites for hydroxylation is 1. The molecule has 1 aromatic rings. The van der Waals surface area contributed by atoms with Crippen LogP contribution in [0.4, 0.5) is 0 Å². The highest BCUT2D eigenvalue weighted by molar-refractivity contribution is 5.83. The number of rotatable bonds is 8. The summed E-state index contributed by atoms with van der Waals surface area (Å²) in [6.45, 7) is 5.53. The van der Waals surface area contributed by atoms with Gasteiger partial charge in [-0.05, 0) is 63.2 Å². The second-order valence-electron chi connectivity index (χ2n) is 7.51. The minimum Gasteiger partial charge on any atom is -0.493 e. The lowest BCUT2D eigenvalue weighted by atomic mass is 9.78. The number of piperidine rings is 1. The molecule has 1 aromatic carbocycles. The summed E-state index contributed by atoms with van der Waals surface area (Å²) in [7, 11) is 1.67. The van der Waals surface area contributed by atoms with Crippen LogP contribution in [0.2, 0.25) is 0 Å². The van der Waals surface area contributed by atoms with Crippen LogP contribution < -0.4 is 15.4 Å². The van der Waals surface area contributed by atoms with Crippen molar-refractivity contribution in [1.29, 1.82) is 0 Å². The average molecular weight is 346 g/mol. The van der Waals surface area contributed by atoms with Crippen molar-refractivity contribution < 1.29 is 14.3 Å². The van der Waals surface area contributed by atoms with Crippen LogP contribution in [0, 0.1) is 18.3 Å². The van der Waals surface area contributed by atoms with Crippen molar-refractivity contribution in [2.75, 3.05) is 33.4 Å². The third-order valence-electron chi connectivity index (χ3n) is 5.30. The topological polar surface area (TPSA) is 59.6 Å². The molecule has 5 nitrogen and oxygen atoms in total. The number of benzene rings is 1. The molecule has 3 rings (SSSR count). The first-order valence-electron chi connectivity index (χ1n) is 9.33. The van der Waals surface area contributed by atoms with Crippen LogP contribution in [0.5, 0.6) is 5.75 Å². The Labute approximate surface area is 150 Å². The van der Waals surface area contributed by atoms with Gasteiger partial charge in [-0.1, -0.05) is 12.1 Å². The van der Waals surface area contributed by atoms with E-state index in [1.165, 1.54) is 18.4 Å². The summed E-state index contributed by atoms with van der Waals surface area (Å²) in [6, 6.07) is 6.20. The van der Waals surface area contributed by atoms with Gasteiger partial charge in [0.1, 0.15) is 5.75 Å². The molecule has 138 valence electrons. The summed E-state index contributed by atoms with van der Waals surface area (Å²) in [5.74, 6) is 1.70. The van der Waals surface area contributed by atoms with Gasteiger partial charge < -0.3 is 20.1 Å². The van der Waals surface area contributed by atoms with Gasteiger partial charge >= 0.3 is 0 Å². The van der Waals surface area contributed by atoms with Crippen LogP contribution in [0.25, 0.3) is 0 Å². The monoisotopic (exact) mass is 346 g/mol. The van der Waals surface area contributed by atoms with Crippen molar-refractivity contribution in [3.05, 3.63) is 29.3 Å². The van der Waals surface area contributed by atoms with Crippen molar-refractivity contribution in [2.24, 2.45) is 11.3 Å². The Hall–Kier alpha value is -1.59. The molecule has 1 aliphatic heterocycles. The van der Waals surface area contributed by atoms with Crippen LogP contribution in [0.3, 0.4) is 0 Å². The molecule has 1 aliphatic carbocycles. The van der Waals surface area contributed by atoms with Gasteiger partial charge in [0.2, 0.25) is 5.91 Å². The SMILES string of the molecule is COCC1(C(=O)NCc2ccc(C)cc2OCC2CC2)CCNCC1. The minimum absolute atomic E-state index is 0.0876. The third kappa shape index (κ3) is 4.73. The predicted octanol–water partition coefficient (Wildman–Crippen LogP) is 2.42. The zero-order valence-corrected chi connectivity index (χ0v) is 15.4. The maximum Gasteiger partial charge on any atom is 0.228 e. The largest absolute Gasteiger partial charge is 0.493 e. The van der Waals surface area contributed by atoms with Gasteiger partial charge in [0.05, 0.1) is 18.6 Å². The molecule has 0 unspecified atom stereocenters. The van der Waals surface area contributed by atoms with Crippen LogP contribution in [-0.4, -0.2) is 39.3 Å². The maximum absolute atomic E-state index is 12.9. The number of carbonyl (C=O) groups excluding carboxylic acids is 1. The van der Waals surface area contributed by atoms with E-state index in [2.05, 4.69) is 35.8 Å². The molecular weight excluding hydrogens is 316 g/mol. The molecule has 1 saturated heterocycles. The summed E-state index contributed by atoms with van der Waals surface area (Å²) in [4.78, 5) is 12.9. The maximum atomic E-state index is 12.9. The van der Waals surface area contributed by atoms with E-state index in [4.69, 9.17) is 9.47 Å². The Balaban J connectivity index is 1.64. The van der Waals surface area contributed by atoms with E-state index < -0.39 is 5.41 Å². The first-order chi connectivity index (χ1) is 12.1. The van der Waals surface area contributed by atoms with Crippen LogP contribution in [0.1, 0.15) is 36.8 Å². The second-order valence-corrected chi connectivity index (χ2v) is 7.51. The molecule has 2 N–H and O–H groups in total. The highest BCUT2D eigenvalue weighted by Crippen LogP contribution is 2.32. The molecule has 25 heavy (non-hydrogen) atoms. The van der Waals surface area contributed by atoms with Crippen molar-refractivity contribution in [1.82, 2.24) is 10.6 Å². The van der Waals surface area contributed by atoms with E-state index in [9.17, 15) is 4.79 Å². The van der Waals surface area contributed by atoms with Gasteiger partial charge in [0.15, 0.2) is 0 Å². The fourth-order valence-corrected chi connectivity index (χ4v) is 3.42. The highest BCUT2D eigenvalue weighted by Gasteiger charge is 2.39. The van der Waals surface area contributed by atoms with Gasteiger partial charge in [-0.2, -0.15) is 0 Å². The smallest absolute Gasteiger partial charge is 0.228 e. The molecule has 0 bridgehead atoms. The normalized spacial score (nSPS) is 19.4. The molecule has 0 radical (unpaired) electrons. The van der Waals surface area contributed by atoms with Crippen molar-refractivity contribution in [2.45, 2.75) is 39.2 Å². The lowest BCUT2D eigenvalue weighted by Crippen LogP contribution is -2.50. The zero-order chi connectivity index (χ0) is 17.7. The Morgan fingerprint density at radius 1 is 1.32 bits per heavy atom. The third-order valence-corrected chi connectivity index (χ3v) is 5.30. The number of amides is 1. The van der Waals surface area contributed by atoms with E-state index in [1.54, 1.807) is 7.11 Å². The fraction of sp³-hybridized carbons (Fsp3) is 0.650. The molecule has 1 heterocycles. The molecule has 0 spiro atoms. The molecular formula is C20H30N2O3. The second kappa shape index (κ2) is 8.19. The lowest BCUT2D eigenvalue weighted by Gasteiger charge is -2.35. The number of nitrogens with one attached hydrogen (secondary N) is 2. The Kier molecular flexibility index (Phi) is 5.97. The lowest BCUT2D eigenvalue weighted by molar-refractivity contribution is -0.136. The number of hydrogen-bond donors (Lipinski definition) is 2. The number of carbonyl (C=O) groups is 1. The molecule has 0 atom stereocenters. The summed E-state index contributed by atoms with van der Waals surface area (Å²) < 4.78 is 11.4. The summed E-state index contributed by atoms with van der Waals surface area (Å²) >= 11 is 0. The average Bonchev–Trinajstić information content (AvgIpc) is 3.44. The summed E-state index contributed by atoms with van der Waals surface area (Å²) in [5.41, 5.74) is 1.80. The molecule has 1 saturated carbocycles. The van der Waals surface area contributed by atoms with Crippen molar-refractivity contribution >= 4 is 5.91 Å². The van der Waals surface area contributed by atoms with E-state index in [-0.39, 0.29) is 5.91 Å². The van der Waals surface area contributed by atoms with Gasteiger partial charge in [0.25, 0.3) is 0 Å². The molecule has 2 fully saturated rings. The number of hydrogen-bond acceptors (Lipinski definition) is 4. The number of ether oxygens (including phenoxy) is 2.